The molecule has 18 heavy (non-hydrogen) atoms. The van der Waals surface area contributed by atoms with Gasteiger partial charge in [0, 0.05) is 25.7 Å². The van der Waals surface area contributed by atoms with Crippen molar-refractivity contribution in [1.82, 2.24) is 10.6 Å². The van der Waals surface area contributed by atoms with Crippen LogP contribution in [0, 0.1) is 0 Å². The first-order valence-electron chi connectivity index (χ1n) is 7.49. The first-order valence-corrected chi connectivity index (χ1v) is 7.49. The minimum atomic E-state index is -0.192. The lowest BCUT2D eigenvalue weighted by molar-refractivity contribution is -0.129. The van der Waals surface area contributed by atoms with Gasteiger partial charge < -0.3 is 15.4 Å². The van der Waals surface area contributed by atoms with Gasteiger partial charge in [-0.3, -0.25) is 4.79 Å². The van der Waals surface area contributed by atoms with Gasteiger partial charge in [0.2, 0.25) is 5.91 Å². The zero-order chi connectivity index (χ0) is 12.6. The van der Waals surface area contributed by atoms with Crippen molar-refractivity contribution in [3.8, 4) is 0 Å². The second kappa shape index (κ2) is 7.74. The fourth-order valence-corrected chi connectivity index (χ4v) is 2.84. The normalized spacial score (nSPS) is 25.9. The second-order valence-electron chi connectivity index (χ2n) is 5.44. The van der Waals surface area contributed by atoms with Gasteiger partial charge in [0.1, 0.15) is 6.10 Å². The Balaban J connectivity index is 1.53. The van der Waals surface area contributed by atoms with Crippen LogP contribution in [0.1, 0.15) is 51.4 Å². The second-order valence-corrected chi connectivity index (χ2v) is 5.44. The summed E-state index contributed by atoms with van der Waals surface area (Å²) in [5.41, 5.74) is 0. The molecule has 2 N–H and O–H groups in total. The third-order valence-electron chi connectivity index (χ3n) is 3.93. The molecule has 1 aliphatic carbocycles. The molecule has 1 saturated heterocycles. The monoisotopic (exact) mass is 254 g/mol. The topological polar surface area (TPSA) is 50.4 Å². The Bertz CT molecular complexity index is 244. The van der Waals surface area contributed by atoms with Gasteiger partial charge in [0.15, 0.2) is 0 Å². The molecular formula is C14H26N2O2. The molecule has 1 aliphatic heterocycles. The third kappa shape index (κ3) is 4.58. The summed E-state index contributed by atoms with van der Waals surface area (Å²) >= 11 is 0. The molecule has 2 aliphatic rings. The Hall–Kier alpha value is -0.610. The molecule has 0 bridgehead atoms. The van der Waals surface area contributed by atoms with Crippen LogP contribution >= 0.6 is 0 Å². The van der Waals surface area contributed by atoms with E-state index >= 15 is 0 Å². The minimum Gasteiger partial charge on any atom is -0.368 e. The summed E-state index contributed by atoms with van der Waals surface area (Å²) in [5, 5.41) is 6.51. The Kier molecular flexibility index (Phi) is 5.94. The number of amides is 1. The Labute approximate surface area is 110 Å². The van der Waals surface area contributed by atoms with Gasteiger partial charge in [-0.25, -0.2) is 0 Å². The molecule has 0 spiro atoms. The van der Waals surface area contributed by atoms with Crippen LogP contribution < -0.4 is 10.6 Å². The average Bonchev–Trinajstić information content (AvgIpc) is 2.80. The molecule has 0 aromatic heterocycles. The van der Waals surface area contributed by atoms with Crippen LogP contribution in [-0.4, -0.2) is 37.7 Å². The number of hydrogen-bond donors (Lipinski definition) is 2. The molecule has 0 aromatic carbocycles. The van der Waals surface area contributed by atoms with Crippen molar-refractivity contribution in [3.05, 3.63) is 0 Å². The predicted octanol–water partition coefficient (Wildman–Crippen LogP) is 1.59. The van der Waals surface area contributed by atoms with E-state index in [1.807, 2.05) is 0 Å². The highest BCUT2D eigenvalue weighted by molar-refractivity contribution is 5.80. The van der Waals surface area contributed by atoms with E-state index in [2.05, 4.69) is 10.6 Å². The number of carbonyl (C=O) groups excluding carboxylic acids is 1. The van der Waals surface area contributed by atoms with Crippen LogP contribution in [0.25, 0.3) is 0 Å². The summed E-state index contributed by atoms with van der Waals surface area (Å²) in [5.74, 6) is 0.0650. The Morgan fingerprint density at radius 2 is 1.78 bits per heavy atom. The molecular weight excluding hydrogens is 228 g/mol. The largest absolute Gasteiger partial charge is 0.368 e. The molecule has 4 heteroatoms. The lowest BCUT2D eigenvalue weighted by Gasteiger charge is -2.17. The molecule has 1 heterocycles. The van der Waals surface area contributed by atoms with E-state index in [9.17, 15) is 4.79 Å². The van der Waals surface area contributed by atoms with Gasteiger partial charge in [-0.2, -0.15) is 0 Å². The van der Waals surface area contributed by atoms with Gasteiger partial charge in [-0.15, -0.1) is 0 Å². The number of ether oxygens (including phenoxy) is 1. The number of rotatable bonds is 5. The zero-order valence-corrected chi connectivity index (χ0v) is 11.2. The molecule has 2 fully saturated rings. The van der Waals surface area contributed by atoms with Gasteiger partial charge in [-0.1, -0.05) is 25.7 Å². The molecule has 1 amide bonds. The molecule has 0 unspecified atom stereocenters. The Morgan fingerprint density at radius 1 is 1.00 bits per heavy atom. The van der Waals surface area contributed by atoms with Crippen LogP contribution in [0.3, 0.4) is 0 Å². The highest BCUT2D eigenvalue weighted by atomic mass is 16.5. The van der Waals surface area contributed by atoms with E-state index in [1.165, 1.54) is 38.5 Å². The molecule has 4 nitrogen and oxygen atoms in total. The van der Waals surface area contributed by atoms with E-state index in [0.717, 1.165) is 32.5 Å². The summed E-state index contributed by atoms with van der Waals surface area (Å²) in [6.07, 6.45) is 9.74. The van der Waals surface area contributed by atoms with E-state index in [0.29, 0.717) is 6.04 Å². The van der Waals surface area contributed by atoms with E-state index in [4.69, 9.17) is 4.74 Å². The minimum absolute atomic E-state index is 0.0650. The summed E-state index contributed by atoms with van der Waals surface area (Å²) in [6, 6.07) is 0.659. The van der Waals surface area contributed by atoms with Crippen LogP contribution in [0.5, 0.6) is 0 Å². The van der Waals surface area contributed by atoms with Crippen LogP contribution in [0.15, 0.2) is 0 Å². The fraction of sp³-hybridized carbons (Fsp3) is 0.929. The van der Waals surface area contributed by atoms with Crippen LogP contribution in [-0.2, 0) is 9.53 Å². The molecule has 1 atom stereocenters. The third-order valence-corrected chi connectivity index (χ3v) is 3.93. The summed E-state index contributed by atoms with van der Waals surface area (Å²) in [4.78, 5) is 11.7. The van der Waals surface area contributed by atoms with Crippen molar-refractivity contribution in [2.45, 2.75) is 63.5 Å². The first kappa shape index (κ1) is 13.8. The summed E-state index contributed by atoms with van der Waals surface area (Å²) in [7, 11) is 0. The van der Waals surface area contributed by atoms with E-state index < -0.39 is 0 Å². The molecule has 0 aromatic rings. The SMILES string of the molecule is O=C(NCCNC1CCCCCC1)[C@@H]1CCCO1. The molecule has 104 valence electrons. The maximum absolute atomic E-state index is 11.7. The van der Waals surface area contributed by atoms with Crippen LogP contribution in [0.4, 0.5) is 0 Å². The highest BCUT2D eigenvalue weighted by Gasteiger charge is 2.22. The number of nitrogens with one attached hydrogen (secondary N) is 2. The van der Waals surface area contributed by atoms with Gasteiger partial charge in [-0.05, 0) is 25.7 Å². The Morgan fingerprint density at radius 3 is 2.44 bits per heavy atom. The van der Waals surface area contributed by atoms with Crippen molar-refractivity contribution in [1.29, 1.82) is 0 Å². The van der Waals surface area contributed by atoms with Crippen molar-refractivity contribution >= 4 is 5.91 Å². The smallest absolute Gasteiger partial charge is 0.249 e. The van der Waals surface area contributed by atoms with Crippen molar-refractivity contribution in [3.63, 3.8) is 0 Å². The van der Waals surface area contributed by atoms with Crippen molar-refractivity contribution in [2.75, 3.05) is 19.7 Å². The lowest BCUT2D eigenvalue weighted by Crippen LogP contribution is -2.40. The van der Waals surface area contributed by atoms with E-state index in [1.54, 1.807) is 0 Å². The quantitative estimate of drug-likeness (QED) is 0.579. The maximum Gasteiger partial charge on any atom is 0.249 e. The molecule has 2 rings (SSSR count). The van der Waals surface area contributed by atoms with Crippen molar-refractivity contribution < 1.29 is 9.53 Å². The van der Waals surface area contributed by atoms with Gasteiger partial charge in [0.25, 0.3) is 0 Å². The van der Waals surface area contributed by atoms with Gasteiger partial charge in [0.05, 0.1) is 0 Å². The zero-order valence-electron chi connectivity index (χ0n) is 11.2. The summed E-state index contributed by atoms with van der Waals surface area (Å²) in [6.45, 7) is 2.33. The predicted molar refractivity (Wildman–Crippen MR) is 71.5 cm³/mol. The molecule has 0 radical (unpaired) electrons. The summed E-state index contributed by atoms with van der Waals surface area (Å²) < 4.78 is 5.35. The first-order chi connectivity index (χ1) is 8.86. The highest BCUT2D eigenvalue weighted by Crippen LogP contribution is 2.16. The van der Waals surface area contributed by atoms with Gasteiger partial charge >= 0.3 is 0 Å². The van der Waals surface area contributed by atoms with Crippen molar-refractivity contribution in [2.24, 2.45) is 0 Å². The average molecular weight is 254 g/mol. The lowest BCUT2D eigenvalue weighted by atomic mass is 10.1. The standard InChI is InChI=1S/C14H26N2O2/c17-14(13-8-5-11-18-13)16-10-9-15-12-6-3-1-2-4-7-12/h12-13,15H,1-11H2,(H,16,17)/t13-/m0/s1. The van der Waals surface area contributed by atoms with E-state index in [-0.39, 0.29) is 12.0 Å². The number of carbonyl (C=O) groups is 1. The number of hydrogen-bond acceptors (Lipinski definition) is 3. The fourth-order valence-electron chi connectivity index (χ4n) is 2.84. The molecule has 1 saturated carbocycles. The maximum atomic E-state index is 11.7. The van der Waals surface area contributed by atoms with Crippen LogP contribution in [0.2, 0.25) is 0 Å².